The molecule has 0 N–H and O–H groups in total. The van der Waals surface area contributed by atoms with Gasteiger partial charge in [-0.25, -0.2) is 0 Å². The van der Waals surface area contributed by atoms with Crippen LogP contribution in [0.25, 0.3) is 16.7 Å². The number of methoxy groups -OCH3 is 1. The number of hydrogen-bond donors (Lipinski definition) is 0. The molecule has 150 valence electrons. The van der Waals surface area contributed by atoms with Crippen LogP contribution in [0.3, 0.4) is 0 Å². The van der Waals surface area contributed by atoms with Gasteiger partial charge < -0.3 is 4.74 Å². The lowest BCUT2D eigenvalue weighted by Gasteiger charge is -2.11. The zero-order valence-corrected chi connectivity index (χ0v) is 18.0. The number of hydrogen-bond acceptors (Lipinski definition) is 5. The summed E-state index contributed by atoms with van der Waals surface area (Å²) in [5.41, 5.74) is 1.53. The first kappa shape index (κ1) is 20.2. The fourth-order valence-corrected chi connectivity index (χ4v) is 4.88. The number of ether oxygens (including phenoxy) is 1. The average molecular weight is 449 g/mol. The number of halogens is 2. The van der Waals surface area contributed by atoms with Gasteiger partial charge in [-0.2, -0.15) is 0 Å². The molecule has 0 amide bonds. The molecular formula is C20H18Cl2N4O2S. The fourth-order valence-electron chi connectivity index (χ4n) is 3.20. The predicted octanol–water partition coefficient (Wildman–Crippen LogP) is 4.68. The molecule has 4 rings (SSSR count). The second-order valence-electron chi connectivity index (χ2n) is 6.43. The van der Waals surface area contributed by atoms with E-state index >= 15 is 0 Å². The molecular weight excluding hydrogens is 431 g/mol. The Morgan fingerprint density at radius 3 is 2.59 bits per heavy atom. The number of nitrogens with zero attached hydrogens (tertiary/aromatic N) is 4. The SMILES string of the molecule is COCCCn1c(=O)c2ccccc2n2c(SCc3c(Cl)cccc3Cl)nnc12. The van der Waals surface area contributed by atoms with Crippen LogP contribution < -0.4 is 5.56 Å². The van der Waals surface area contributed by atoms with Gasteiger partial charge in [-0.15, -0.1) is 10.2 Å². The molecule has 4 aromatic rings. The fraction of sp³-hybridized carbons (Fsp3) is 0.250. The molecule has 6 nitrogen and oxygen atoms in total. The molecule has 2 heterocycles. The van der Waals surface area contributed by atoms with Crippen LogP contribution in [0.1, 0.15) is 12.0 Å². The number of aryl methyl sites for hydroxylation is 1. The van der Waals surface area contributed by atoms with Crippen LogP contribution >= 0.6 is 35.0 Å². The summed E-state index contributed by atoms with van der Waals surface area (Å²) in [6.07, 6.45) is 0.703. The van der Waals surface area contributed by atoms with Crippen LogP contribution in [-0.4, -0.2) is 32.9 Å². The summed E-state index contributed by atoms with van der Waals surface area (Å²) < 4.78 is 8.70. The summed E-state index contributed by atoms with van der Waals surface area (Å²) in [5.74, 6) is 1.05. The summed E-state index contributed by atoms with van der Waals surface area (Å²) in [6, 6.07) is 12.9. The van der Waals surface area contributed by atoms with Crippen molar-refractivity contribution in [3.63, 3.8) is 0 Å². The summed E-state index contributed by atoms with van der Waals surface area (Å²) in [7, 11) is 1.64. The Kier molecular flexibility index (Phi) is 6.10. The molecule has 0 aliphatic rings. The summed E-state index contributed by atoms with van der Waals surface area (Å²) >= 11 is 14.1. The molecule has 0 unspecified atom stereocenters. The Hall–Kier alpha value is -2.06. The van der Waals surface area contributed by atoms with Gasteiger partial charge in [0.25, 0.3) is 5.56 Å². The lowest BCUT2D eigenvalue weighted by molar-refractivity contribution is 0.190. The van der Waals surface area contributed by atoms with E-state index in [1.54, 1.807) is 11.7 Å². The van der Waals surface area contributed by atoms with Gasteiger partial charge in [0.15, 0.2) is 5.16 Å². The van der Waals surface area contributed by atoms with Gasteiger partial charge >= 0.3 is 0 Å². The van der Waals surface area contributed by atoms with Crippen molar-refractivity contribution in [2.45, 2.75) is 23.9 Å². The van der Waals surface area contributed by atoms with E-state index in [1.807, 2.05) is 46.9 Å². The van der Waals surface area contributed by atoms with E-state index in [4.69, 9.17) is 27.9 Å². The minimum absolute atomic E-state index is 0.0812. The van der Waals surface area contributed by atoms with E-state index in [0.29, 0.717) is 51.7 Å². The number of rotatable bonds is 7. The Morgan fingerprint density at radius 1 is 1.07 bits per heavy atom. The first-order valence-electron chi connectivity index (χ1n) is 9.03. The topological polar surface area (TPSA) is 61.4 Å². The Morgan fingerprint density at radius 2 is 1.83 bits per heavy atom. The minimum atomic E-state index is -0.0812. The van der Waals surface area contributed by atoms with Crippen LogP contribution in [0.4, 0.5) is 0 Å². The van der Waals surface area contributed by atoms with E-state index in [1.165, 1.54) is 11.8 Å². The highest BCUT2D eigenvalue weighted by atomic mass is 35.5. The van der Waals surface area contributed by atoms with E-state index in [9.17, 15) is 4.79 Å². The van der Waals surface area contributed by atoms with Crippen LogP contribution in [0.5, 0.6) is 0 Å². The van der Waals surface area contributed by atoms with E-state index < -0.39 is 0 Å². The molecule has 2 aromatic carbocycles. The Balaban J connectivity index is 1.81. The highest BCUT2D eigenvalue weighted by molar-refractivity contribution is 7.98. The molecule has 29 heavy (non-hydrogen) atoms. The number of thioether (sulfide) groups is 1. The lowest BCUT2D eigenvalue weighted by Crippen LogP contribution is -2.24. The second-order valence-corrected chi connectivity index (χ2v) is 8.18. The molecule has 0 saturated heterocycles. The van der Waals surface area contributed by atoms with Crippen molar-refractivity contribution in [1.29, 1.82) is 0 Å². The number of fused-ring (bicyclic) bond motifs is 3. The van der Waals surface area contributed by atoms with Gasteiger partial charge in [0.2, 0.25) is 5.78 Å². The van der Waals surface area contributed by atoms with Crippen molar-refractivity contribution in [2.24, 2.45) is 0 Å². The molecule has 0 aliphatic carbocycles. The third-order valence-corrected chi connectivity index (χ3v) is 6.28. The first-order valence-corrected chi connectivity index (χ1v) is 10.8. The molecule has 0 atom stereocenters. The van der Waals surface area contributed by atoms with Crippen LogP contribution in [0.15, 0.2) is 52.4 Å². The monoisotopic (exact) mass is 448 g/mol. The van der Waals surface area contributed by atoms with E-state index in [-0.39, 0.29) is 5.56 Å². The van der Waals surface area contributed by atoms with Crippen LogP contribution in [0.2, 0.25) is 10.0 Å². The van der Waals surface area contributed by atoms with Gasteiger partial charge in [-0.1, -0.05) is 53.2 Å². The van der Waals surface area contributed by atoms with Crippen LogP contribution in [0, 0.1) is 0 Å². The zero-order chi connectivity index (χ0) is 20.4. The van der Waals surface area contributed by atoms with Crippen molar-refractivity contribution >= 4 is 51.6 Å². The van der Waals surface area contributed by atoms with Gasteiger partial charge in [-0.3, -0.25) is 13.8 Å². The molecule has 0 spiro atoms. The third-order valence-electron chi connectivity index (χ3n) is 4.62. The van der Waals surface area contributed by atoms with Crippen LogP contribution in [-0.2, 0) is 17.0 Å². The maximum Gasteiger partial charge on any atom is 0.262 e. The van der Waals surface area contributed by atoms with E-state index in [0.717, 1.165) is 11.1 Å². The second kappa shape index (κ2) is 8.75. The maximum absolute atomic E-state index is 13.0. The van der Waals surface area contributed by atoms with Gasteiger partial charge in [0.1, 0.15) is 0 Å². The van der Waals surface area contributed by atoms with Crippen molar-refractivity contribution in [1.82, 2.24) is 19.2 Å². The highest BCUT2D eigenvalue weighted by Crippen LogP contribution is 2.31. The van der Waals surface area contributed by atoms with E-state index in [2.05, 4.69) is 10.2 Å². The van der Waals surface area contributed by atoms with Crippen molar-refractivity contribution in [2.75, 3.05) is 13.7 Å². The Labute approximate surface area is 181 Å². The molecule has 0 fully saturated rings. The van der Waals surface area contributed by atoms with Crippen molar-refractivity contribution in [3.8, 4) is 0 Å². The smallest absolute Gasteiger partial charge is 0.262 e. The Bertz CT molecular complexity index is 1220. The predicted molar refractivity (Wildman–Crippen MR) is 117 cm³/mol. The summed E-state index contributed by atoms with van der Waals surface area (Å²) in [6.45, 7) is 1.06. The quantitative estimate of drug-likeness (QED) is 0.303. The zero-order valence-electron chi connectivity index (χ0n) is 15.6. The van der Waals surface area contributed by atoms with Gasteiger partial charge in [0, 0.05) is 36.1 Å². The highest BCUT2D eigenvalue weighted by Gasteiger charge is 2.17. The van der Waals surface area contributed by atoms with Gasteiger partial charge in [0.05, 0.1) is 10.9 Å². The number of benzene rings is 2. The first-order chi connectivity index (χ1) is 14.1. The molecule has 0 aliphatic heterocycles. The number of aromatic nitrogens is 4. The lowest BCUT2D eigenvalue weighted by atomic mass is 10.2. The normalized spacial score (nSPS) is 11.6. The molecule has 0 saturated carbocycles. The summed E-state index contributed by atoms with van der Waals surface area (Å²) in [4.78, 5) is 13.0. The summed E-state index contributed by atoms with van der Waals surface area (Å²) in [5, 5.41) is 11.2. The van der Waals surface area contributed by atoms with Crippen molar-refractivity contribution < 1.29 is 4.74 Å². The van der Waals surface area contributed by atoms with Crippen molar-refractivity contribution in [3.05, 3.63) is 68.4 Å². The minimum Gasteiger partial charge on any atom is -0.385 e. The average Bonchev–Trinajstić information content (AvgIpc) is 3.14. The third kappa shape index (κ3) is 3.88. The maximum atomic E-state index is 13.0. The molecule has 0 bridgehead atoms. The number of para-hydroxylation sites is 1. The van der Waals surface area contributed by atoms with Gasteiger partial charge in [-0.05, 0) is 36.2 Å². The molecule has 2 aromatic heterocycles. The molecule has 0 radical (unpaired) electrons. The largest absolute Gasteiger partial charge is 0.385 e. The molecule has 9 heteroatoms. The standard InChI is InChI=1S/C20H18Cl2N4O2S/c1-28-11-5-10-25-18(27)13-6-2-3-9-17(13)26-19(25)23-24-20(26)29-12-14-15(21)7-4-8-16(14)22/h2-4,6-9H,5,10-12H2,1H3.